The third kappa shape index (κ3) is 7.47. The van der Waals surface area contributed by atoms with Gasteiger partial charge in [0.25, 0.3) is 0 Å². The molecule has 9 rings (SSSR count). The average Bonchev–Trinajstić information content (AvgIpc) is 3.75. The largest absolute Gasteiger partial charge is 0.457 e. The molecule has 0 fully saturated rings. The van der Waals surface area contributed by atoms with Crippen LogP contribution in [0.4, 0.5) is 30.2 Å². The normalized spacial score (nSPS) is 13.3. The van der Waals surface area contributed by atoms with Crippen molar-refractivity contribution < 1.29 is 17.9 Å². The van der Waals surface area contributed by atoms with Crippen LogP contribution in [0.1, 0.15) is 63.8 Å². The number of ether oxygens (including phenoxy) is 1. The predicted molar refractivity (Wildman–Crippen MR) is 239 cm³/mol. The minimum Gasteiger partial charge on any atom is -0.457 e. The summed E-state index contributed by atoms with van der Waals surface area (Å²) in [6.07, 6.45) is -2.72. The van der Waals surface area contributed by atoms with Crippen LogP contribution in [0.15, 0.2) is 152 Å². The number of halogens is 3. The molecule has 1 aliphatic rings. The van der Waals surface area contributed by atoms with Crippen LogP contribution in [-0.2, 0) is 23.6 Å². The molecular formula is C52H47F3N4O. The summed E-state index contributed by atoms with van der Waals surface area (Å²) in [5.41, 5.74) is 9.74. The Hall–Kier alpha value is -6.54. The molecule has 0 amide bonds. The summed E-state index contributed by atoms with van der Waals surface area (Å²) in [6, 6.07) is 47.5. The van der Waals surface area contributed by atoms with Gasteiger partial charge in [-0.15, -0.1) is 0 Å². The molecule has 302 valence electrons. The molecule has 0 aliphatic carbocycles. The van der Waals surface area contributed by atoms with E-state index in [4.69, 9.17) is 9.72 Å². The van der Waals surface area contributed by atoms with Gasteiger partial charge >= 0.3 is 6.18 Å². The minimum atomic E-state index is -4.47. The van der Waals surface area contributed by atoms with E-state index in [9.17, 15) is 13.2 Å². The average molecular weight is 801 g/mol. The summed E-state index contributed by atoms with van der Waals surface area (Å²) in [5.74, 6) is 1.83. The van der Waals surface area contributed by atoms with Gasteiger partial charge in [0.1, 0.15) is 17.3 Å². The zero-order chi connectivity index (χ0) is 42.0. The molecule has 0 bridgehead atoms. The van der Waals surface area contributed by atoms with Gasteiger partial charge in [0.15, 0.2) is 0 Å². The Morgan fingerprint density at radius 3 is 2.05 bits per heavy atom. The van der Waals surface area contributed by atoms with Crippen LogP contribution >= 0.6 is 0 Å². The predicted octanol–water partition coefficient (Wildman–Crippen LogP) is 14.4. The number of para-hydroxylation sites is 2. The number of aromatic nitrogens is 2. The smallest absolute Gasteiger partial charge is 0.416 e. The van der Waals surface area contributed by atoms with Gasteiger partial charge < -0.3 is 14.5 Å². The quantitative estimate of drug-likeness (QED) is 0.161. The summed E-state index contributed by atoms with van der Waals surface area (Å²) in [5, 5.41) is 1.17. The van der Waals surface area contributed by atoms with Crippen molar-refractivity contribution in [2.45, 2.75) is 65.1 Å². The highest BCUT2D eigenvalue weighted by Gasteiger charge is 2.32. The highest BCUT2D eigenvalue weighted by atomic mass is 19.4. The molecule has 0 N–H and O–H groups in total. The Kier molecular flexibility index (Phi) is 9.49. The van der Waals surface area contributed by atoms with Crippen molar-refractivity contribution >= 4 is 38.9 Å². The summed E-state index contributed by atoms with van der Waals surface area (Å²) in [6.45, 7) is 14.5. The van der Waals surface area contributed by atoms with Gasteiger partial charge in [-0.25, -0.2) is 4.98 Å². The van der Waals surface area contributed by atoms with Gasteiger partial charge in [0, 0.05) is 41.3 Å². The molecule has 8 aromatic rings. The topological polar surface area (TPSA) is 33.5 Å². The Bertz CT molecular complexity index is 2880. The van der Waals surface area contributed by atoms with E-state index < -0.39 is 11.7 Å². The number of benzene rings is 6. The van der Waals surface area contributed by atoms with Gasteiger partial charge in [-0.3, -0.25) is 4.57 Å². The Balaban J connectivity index is 1.05. The molecule has 0 saturated carbocycles. The van der Waals surface area contributed by atoms with Crippen molar-refractivity contribution in [2.75, 3.05) is 16.5 Å². The number of anilines is 3. The Morgan fingerprint density at radius 1 is 0.567 bits per heavy atom. The molecule has 0 saturated heterocycles. The third-order valence-corrected chi connectivity index (χ3v) is 11.4. The molecular weight excluding hydrogens is 754 g/mol. The lowest BCUT2D eigenvalue weighted by Crippen LogP contribution is -2.27. The number of fused-ring (bicyclic) bond motifs is 4. The number of pyridine rings is 1. The number of rotatable bonds is 7. The van der Waals surface area contributed by atoms with E-state index in [0.717, 1.165) is 35.2 Å². The van der Waals surface area contributed by atoms with Crippen molar-refractivity contribution in [2.24, 2.45) is 0 Å². The maximum absolute atomic E-state index is 14.0. The summed E-state index contributed by atoms with van der Waals surface area (Å²) < 4.78 is 50.4. The number of hydrogen-bond acceptors (Lipinski definition) is 4. The van der Waals surface area contributed by atoms with Gasteiger partial charge in [-0.05, 0) is 111 Å². The van der Waals surface area contributed by atoms with E-state index in [1.54, 1.807) is 6.20 Å². The van der Waals surface area contributed by atoms with Crippen molar-refractivity contribution in [3.8, 4) is 28.4 Å². The molecule has 0 unspecified atom stereocenters. The van der Waals surface area contributed by atoms with Crippen molar-refractivity contribution in [3.63, 3.8) is 0 Å². The first-order chi connectivity index (χ1) is 28.6. The van der Waals surface area contributed by atoms with Crippen molar-refractivity contribution in [1.29, 1.82) is 0 Å². The van der Waals surface area contributed by atoms with Crippen molar-refractivity contribution in [3.05, 3.63) is 174 Å². The molecule has 0 atom stereocenters. The fraction of sp³-hybridized carbons (Fsp3) is 0.212. The molecule has 8 heteroatoms. The number of nitrogens with zero attached hydrogens (tertiary/aromatic N) is 4. The number of hydrogen-bond donors (Lipinski definition) is 0. The van der Waals surface area contributed by atoms with E-state index in [2.05, 4.69) is 130 Å². The second-order valence-electron chi connectivity index (χ2n) is 17.8. The van der Waals surface area contributed by atoms with E-state index >= 15 is 0 Å². The van der Waals surface area contributed by atoms with Gasteiger partial charge in [-0.1, -0.05) is 102 Å². The zero-order valence-electron chi connectivity index (χ0n) is 34.7. The summed E-state index contributed by atoms with van der Waals surface area (Å²) >= 11 is 0. The highest BCUT2D eigenvalue weighted by Crippen LogP contribution is 2.44. The molecule has 5 nitrogen and oxygen atoms in total. The molecule has 2 aromatic heterocycles. The Labute approximate surface area is 349 Å². The standard InChI is InChI=1S/C52H47F3N4O/c1-50(2,3)37-23-24-56-49(29-37)59-45-22-19-38(52(53,54)55)28-44(45)43-21-20-42(31-48(43)59)60-41-16-12-15-40(30-41)58-33-57(46-17-10-11-18-47(46)58)32-34-25-36(35-13-8-7-9-14-35)27-39(26-34)51(4,5)6/h7-31H,32-33H2,1-6H3. The Morgan fingerprint density at radius 2 is 1.30 bits per heavy atom. The molecule has 1 aliphatic heterocycles. The summed E-state index contributed by atoms with van der Waals surface area (Å²) in [7, 11) is 0. The van der Waals surface area contributed by atoms with Crippen LogP contribution in [-0.4, -0.2) is 16.2 Å². The molecule has 60 heavy (non-hydrogen) atoms. The van der Waals surface area contributed by atoms with Crippen LogP contribution in [0.3, 0.4) is 0 Å². The monoisotopic (exact) mass is 800 g/mol. The second kappa shape index (κ2) is 14.6. The zero-order valence-corrected chi connectivity index (χ0v) is 34.7. The molecule has 0 radical (unpaired) electrons. The van der Waals surface area contributed by atoms with Crippen LogP contribution in [0.25, 0.3) is 38.8 Å². The highest BCUT2D eigenvalue weighted by molar-refractivity contribution is 6.09. The van der Waals surface area contributed by atoms with Gasteiger partial charge in [0.05, 0.1) is 34.6 Å². The fourth-order valence-corrected chi connectivity index (χ4v) is 8.22. The van der Waals surface area contributed by atoms with E-state index in [-0.39, 0.29) is 10.8 Å². The van der Waals surface area contributed by atoms with E-state index in [1.807, 2.05) is 53.1 Å². The minimum absolute atomic E-state index is 0.0130. The van der Waals surface area contributed by atoms with Crippen LogP contribution < -0.4 is 14.5 Å². The van der Waals surface area contributed by atoms with E-state index in [0.29, 0.717) is 45.8 Å². The first kappa shape index (κ1) is 38.9. The van der Waals surface area contributed by atoms with Crippen LogP contribution in [0.2, 0.25) is 0 Å². The lowest BCUT2D eigenvalue weighted by Gasteiger charge is -2.25. The van der Waals surface area contributed by atoms with Crippen molar-refractivity contribution in [1.82, 2.24) is 9.55 Å². The lowest BCUT2D eigenvalue weighted by molar-refractivity contribution is -0.137. The van der Waals surface area contributed by atoms with Gasteiger partial charge in [-0.2, -0.15) is 13.2 Å². The second-order valence-corrected chi connectivity index (χ2v) is 17.8. The maximum atomic E-state index is 14.0. The molecule has 6 aromatic carbocycles. The van der Waals surface area contributed by atoms with Crippen LogP contribution in [0, 0.1) is 0 Å². The fourth-order valence-electron chi connectivity index (χ4n) is 8.22. The SMILES string of the molecule is CC(C)(C)c1cc(CN2CN(c3cccc(Oc4ccc5c6cc(C(F)(F)F)ccc6n(-c6cc(C(C)(C)C)ccn6)c5c4)c3)c3ccccc32)cc(-c2ccccc2)c1. The first-order valence-corrected chi connectivity index (χ1v) is 20.3. The van der Waals surface area contributed by atoms with Crippen LogP contribution in [0.5, 0.6) is 11.5 Å². The van der Waals surface area contributed by atoms with Gasteiger partial charge in [0.2, 0.25) is 0 Å². The number of alkyl halides is 3. The molecule has 0 spiro atoms. The first-order valence-electron chi connectivity index (χ1n) is 20.3. The third-order valence-electron chi connectivity index (χ3n) is 11.4. The molecule has 3 heterocycles. The maximum Gasteiger partial charge on any atom is 0.416 e. The van der Waals surface area contributed by atoms with E-state index in [1.165, 1.54) is 34.4 Å². The lowest BCUT2D eigenvalue weighted by atomic mass is 9.84. The summed E-state index contributed by atoms with van der Waals surface area (Å²) in [4.78, 5) is 9.43.